The van der Waals surface area contributed by atoms with Crippen molar-refractivity contribution in [2.24, 2.45) is 4.99 Å². The van der Waals surface area contributed by atoms with E-state index < -0.39 is 6.09 Å². The van der Waals surface area contributed by atoms with Gasteiger partial charge >= 0.3 is 6.09 Å². The van der Waals surface area contributed by atoms with Gasteiger partial charge in [-0.05, 0) is 37.1 Å². The molecule has 2 aromatic carbocycles. The fraction of sp³-hybridized carbons (Fsp3) is 0.250. The summed E-state index contributed by atoms with van der Waals surface area (Å²) in [5.74, 6) is 0.208. The number of carbonyl (C=O) groups is 2. The number of amides is 2. The van der Waals surface area contributed by atoms with Crippen LogP contribution >= 0.6 is 0 Å². The largest absolute Gasteiger partial charge is 0.415 e. The summed E-state index contributed by atoms with van der Waals surface area (Å²) in [5, 5.41) is 2.94. The molecule has 0 unspecified atom stereocenters. The summed E-state index contributed by atoms with van der Waals surface area (Å²) in [6.45, 7) is 0.982. The van der Waals surface area contributed by atoms with Crippen LogP contribution in [0.4, 0.5) is 10.5 Å². The minimum absolute atomic E-state index is 0.0634. The van der Waals surface area contributed by atoms with Crippen molar-refractivity contribution in [3.05, 3.63) is 60.2 Å². The van der Waals surface area contributed by atoms with Crippen LogP contribution in [0.15, 0.2) is 59.6 Å². The summed E-state index contributed by atoms with van der Waals surface area (Å²) < 4.78 is 5.33. The van der Waals surface area contributed by atoms with E-state index in [-0.39, 0.29) is 17.6 Å². The Morgan fingerprint density at radius 1 is 1.04 bits per heavy atom. The Bertz CT molecular complexity index is 855. The van der Waals surface area contributed by atoms with Crippen LogP contribution < -0.4 is 10.1 Å². The van der Waals surface area contributed by atoms with Gasteiger partial charge in [0.05, 0.1) is 11.3 Å². The third-order valence-corrected chi connectivity index (χ3v) is 4.35. The molecule has 3 rings (SSSR count). The van der Waals surface area contributed by atoms with Gasteiger partial charge in [0.25, 0.3) is 5.91 Å². The Kier molecular flexibility index (Phi) is 5.97. The molecular formula is C20H19N3O4. The third kappa shape index (κ3) is 4.80. The predicted molar refractivity (Wildman–Crippen MR) is 98.8 cm³/mol. The summed E-state index contributed by atoms with van der Waals surface area (Å²) >= 11 is 0. The van der Waals surface area contributed by atoms with E-state index in [4.69, 9.17) is 4.74 Å². The molecule has 0 aromatic heterocycles. The summed E-state index contributed by atoms with van der Waals surface area (Å²) in [6, 6.07) is 15.4. The maximum absolute atomic E-state index is 12.5. The normalized spacial score (nSPS) is 14.1. The smallest absolute Gasteiger partial charge is 0.410 e. The van der Waals surface area contributed by atoms with Crippen LogP contribution in [0.2, 0.25) is 0 Å². The number of hydrogen-bond donors (Lipinski definition) is 1. The van der Waals surface area contributed by atoms with Gasteiger partial charge in [0.15, 0.2) is 0 Å². The van der Waals surface area contributed by atoms with Crippen LogP contribution in [0, 0.1) is 0 Å². The molecule has 7 heteroatoms. The Balaban J connectivity index is 1.53. The quantitative estimate of drug-likeness (QED) is 0.666. The SMILES string of the molecule is O=C=Nc1ccccc1C(=O)NC1CCN(C(=O)Oc2ccccc2)CC1. The van der Waals surface area contributed by atoms with Gasteiger partial charge in [-0.25, -0.2) is 9.59 Å². The lowest BCUT2D eigenvalue weighted by Crippen LogP contribution is -2.47. The van der Waals surface area contributed by atoms with Gasteiger partial charge in [-0.1, -0.05) is 30.3 Å². The molecule has 2 amide bonds. The number of likely N-dealkylation sites (tertiary alicyclic amines) is 1. The molecule has 27 heavy (non-hydrogen) atoms. The van der Waals surface area contributed by atoms with Crippen molar-refractivity contribution in [3.8, 4) is 5.75 Å². The number of nitrogens with one attached hydrogen (secondary N) is 1. The number of carbonyl (C=O) groups excluding carboxylic acids is 3. The molecule has 1 N–H and O–H groups in total. The molecule has 1 aliphatic heterocycles. The highest BCUT2D eigenvalue weighted by Gasteiger charge is 2.25. The molecule has 0 atom stereocenters. The van der Waals surface area contributed by atoms with E-state index in [0.29, 0.717) is 37.2 Å². The van der Waals surface area contributed by atoms with E-state index in [1.807, 2.05) is 6.07 Å². The van der Waals surface area contributed by atoms with Crippen molar-refractivity contribution >= 4 is 23.8 Å². The van der Waals surface area contributed by atoms with E-state index >= 15 is 0 Å². The first-order chi connectivity index (χ1) is 13.2. The number of ether oxygens (including phenoxy) is 1. The molecule has 0 aliphatic carbocycles. The monoisotopic (exact) mass is 365 g/mol. The van der Waals surface area contributed by atoms with Gasteiger partial charge in [-0.15, -0.1) is 0 Å². The Labute approximate surface area is 156 Å². The van der Waals surface area contributed by atoms with Crippen molar-refractivity contribution in [2.75, 3.05) is 13.1 Å². The van der Waals surface area contributed by atoms with E-state index in [9.17, 15) is 14.4 Å². The van der Waals surface area contributed by atoms with E-state index in [0.717, 1.165) is 0 Å². The van der Waals surface area contributed by atoms with Gasteiger partial charge in [0.2, 0.25) is 6.08 Å². The van der Waals surface area contributed by atoms with Crippen LogP contribution in [-0.4, -0.2) is 42.1 Å². The van der Waals surface area contributed by atoms with Gasteiger partial charge in [0, 0.05) is 19.1 Å². The highest BCUT2D eigenvalue weighted by atomic mass is 16.6. The van der Waals surface area contributed by atoms with Crippen molar-refractivity contribution < 1.29 is 19.1 Å². The van der Waals surface area contributed by atoms with Crippen molar-refractivity contribution in [1.29, 1.82) is 0 Å². The number of isocyanates is 1. The second-order valence-electron chi connectivity index (χ2n) is 6.14. The Morgan fingerprint density at radius 3 is 2.41 bits per heavy atom. The average Bonchev–Trinajstić information content (AvgIpc) is 2.70. The maximum atomic E-state index is 12.5. The van der Waals surface area contributed by atoms with Crippen LogP contribution in [-0.2, 0) is 4.79 Å². The zero-order valence-corrected chi connectivity index (χ0v) is 14.6. The lowest BCUT2D eigenvalue weighted by atomic mass is 10.0. The third-order valence-electron chi connectivity index (χ3n) is 4.35. The molecule has 0 bridgehead atoms. The summed E-state index contributed by atoms with van der Waals surface area (Å²) in [5.41, 5.74) is 0.612. The topological polar surface area (TPSA) is 88.1 Å². The van der Waals surface area contributed by atoms with Crippen LogP contribution in [0.1, 0.15) is 23.2 Å². The number of aliphatic imine (C=N–C) groups is 1. The van der Waals surface area contributed by atoms with E-state index in [1.165, 1.54) is 6.08 Å². The average molecular weight is 365 g/mol. The number of piperidine rings is 1. The van der Waals surface area contributed by atoms with Gasteiger partial charge in [-0.2, -0.15) is 4.99 Å². The molecule has 0 radical (unpaired) electrons. The van der Waals surface area contributed by atoms with E-state index in [2.05, 4.69) is 10.3 Å². The molecule has 2 aromatic rings. The highest BCUT2D eigenvalue weighted by Crippen LogP contribution is 2.19. The first kappa shape index (κ1) is 18.4. The van der Waals surface area contributed by atoms with Gasteiger partial charge < -0.3 is 15.0 Å². The molecule has 1 heterocycles. The predicted octanol–water partition coefficient (Wildman–Crippen LogP) is 3.05. The molecule has 1 aliphatic rings. The standard InChI is InChI=1S/C20H19N3O4/c24-14-21-18-9-5-4-8-17(18)19(25)22-15-10-12-23(13-11-15)20(26)27-16-6-2-1-3-7-16/h1-9,15H,10-13H2,(H,22,25). The zero-order valence-electron chi connectivity index (χ0n) is 14.6. The maximum Gasteiger partial charge on any atom is 0.415 e. The second kappa shape index (κ2) is 8.78. The number of nitrogens with zero attached hydrogens (tertiary/aromatic N) is 2. The number of benzene rings is 2. The zero-order chi connectivity index (χ0) is 19.1. The lowest BCUT2D eigenvalue weighted by molar-refractivity contribution is 0.0910. The molecule has 1 fully saturated rings. The fourth-order valence-electron chi connectivity index (χ4n) is 2.94. The molecule has 0 spiro atoms. The molecule has 0 saturated carbocycles. The van der Waals surface area contributed by atoms with Gasteiger partial charge in [-0.3, -0.25) is 4.79 Å². The van der Waals surface area contributed by atoms with Gasteiger partial charge in [0.1, 0.15) is 5.75 Å². The number of rotatable bonds is 4. The minimum atomic E-state index is -0.392. The number of hydrogen-bond acceptors (Lipinski definition) is 5. The first-order valence-electron chi connectivity index (χ1n) is 8.67. The van der Waals surface area contributed by atoms with Crippen LogP contribution in [0.3, 0.4) is 0 Å². The summed E-state index contributed by atoms with van der Waals surface area (Å²) in [4.78, 5) is 40.3. The Hall–Kier alpha value is -3.44. The number of para-hydroxylation sites is 2. The van der Waals surface area contributed by atoms with Crippen LogP contribution in [0.5, 0.6) is 5.75 Å². The molecule has 7 nitrogen and oxygen atoms in total. The summed E-state index contributed by atoms with van der Waals surface area (Å²) in [7, 11) is 0. The van der Waals surface area contributed by atoms with Crippen molar-refractivity contribution in [3.63, 3.8) is 0 Å². The van der Waals surface area contributed by atoms with E-state index in [1.54, 1.807) is 53.4 Å². The van der Waals surface area contributed by atoms with Crippen molar-refractivity contribution in [1.82, 2.24) is 10.2 Å². The minimum Gasteiger partial charge on any atom is -0.410 e. The first-order valence-corrected chi connectivity index (χ1v) is 8.67. The molecule has 138 valence electrons. The Morgan fingerprint density at radius 2 is 1.70 bits per heavy atom. The highest BCUT2D eigenvalue weighted by molar-refractivity contribution is 5.99. The molecule has 1 saturated heterocycles. The van der Waals surface area contributed by atoms with Crippen LogP contribution in [0.25, 0.3) is 0 Å². The lowest BCUT2D eigenvalue weighted by Gasteiger charge is -2.31. The summed E-state index contributed by atoms with van der Waals surface area (Å²) in [6.07, 6.45) is 2.31. The fourth-order valence-corrected chi connectivity index (χ4v) is 2.94. The second-order valence-corrected chi connectivity index (χ2v) is 6.14. The van der Waals surface area contributed by atoms with Crippen molar-refractivity contribution in [2.45, 2.75) is 18.9 Å². The molecular weight excluding hydrogens is 346 g/mol.